The van der Waals surface area contributed by atoms with E-state index in [4.69, 9.17) is 10.5 Å². The number of hydrogen-bond donors (Lipinski definition) is 2. The molecule has 0 aliphatic carbocycles. The second-order valence-corrected chi connectivity index (χ2v) is 4.34. The van der Waals surface area contributed by atoms with Crippen molar-refractivity contribution in [3.63, 3.8) is 0 Å². The number of anilines is 2. The Kier molecular flexibility index (Phi) is 5.28. The fourth-order valence-corrected chi connectivity index (χ4v) is 1.87. The van der Waals surface area contributed by atoms with Gasteiger partial charge in [0.25, 0.3) is 0 Å². The number of nitrogen functional groups attached to an aromatic ring is 1. The van der Waals surface area contributed by atoms with E-state index in [-0.39, 0.29) is 18.6 Å². The number of aromatic nitrogens is 3. The van der Waals surface area contributed by atoms with Crippen molar-refractivity contribution in [1.82, 2.24) is 15.0 Å². The quantitative estimate of drug-likeness (QED) is 0.779. The van der Waals surface area contributed by atoms with Gasteiger partial charge in [0.05, 0.1) is 13.2 Å². The minimum atomic E-state index is -0.0115. The lowest BCUT2D eigenvalue weighted by Crippen LogP contribution is -2.28. The molecule has 21 heavy (non-hydrogen) atoms. The van der Waals surface area contributed by atoms with Gasteiger partial charge in [-0.1, -0.05) is 30.3 Å². The van der Waals surface area contributed by atoms with Crippen molar-refractivity contribution in [2.75, 3.05) is 30.4 Å². The minimum absolute atomic E-state index is 0.0115. The van der Waals surface area contributed by atoms with E-state index in [0.717, 1.165) is 5.56 Å². The van der Waals surface area contributed by atoms with Crippen molar-refractivity contribution in [3.8, 4) is 6.01 Å². The zero-order valence-corrected chi connectivity index (χ0v) is 11.9. The Labute approximate surface area is 123 Å². The molecule has 7 nitrogen and oxygen atoms in total. The Morgan fingerprint density at radius 3 is 2.62 bits per heavy atom. The first kappa shape index (κ1) is 15.0. The molecule has 7 heteroatoms. The number of benzene rings is 1. The third-order valence-electron chi connectivity index (χ3n) is 2.76. The van der Waals surface area contributed by atoms with Gasteiger partial charge in [0.1, 0.15) is 0 Å². The van der Waals surface area contributed by atoms with E-state index in [2.05, 4.69) is 15.0 Å². The summed E-state index contributed by atoms with van der Waals surface area (Å²) in [6.45, 7) is 3.24. The molecule has 0 radical (unpaired) electrons. The molecular weight excluding hydrogens is 270 g/mol. The standard InChI is InChI=1S/C14H19N5O2/c1-2-21-14-17-12(15)16-13(18-14)19(8-9-20)10-11-6-4-3-5-7-11/h3-7,20H,2,8-10H2,1H3,(H2,15,16,17,18). The molecule has 1 aromatic heterocycles. The predicted octanol–water partition coefficient (Wildman–Crippen LogP) is 0.851. The van der Waals surface area contributed by atoms with Gasteiger partial charge in [-0.2, -0.15) is 15.0 Å². The van der Waals surface area contributed by atoms with Gasteiger partial charge in [0.15, 0.2) is 0 Å². The maximum absolute atomic E-state index is 9.24. The summed E-state index contributed by atoms with van der Waals surface area (Å²) in [5.74, 6) is 0.489. The van der Waals surface area contributed by atoms with Crippen LogP contribution in [0, 0.1) is 0 Å². The second-order valence-electron chi connectivity index (χ2n) is 4.34. The summed E-state index contributed by atoms with van der Waals surface area (Å²) in [6, 6.07) is 10.1. The molecule has 0 aliphatic rings. The molecule has 1 aromatic carbocycles. The van der Waals surface area contributed by atoms with Gasteiger partial charge in [-0.15, -0.1) is 0 Å². The number of aliphatic hydroxyl groups is 1. The average molecular weight is 289 g/mol. The SMILES string of the molecule is CCOc1nc(N)nc(N(CCO)Cc2ccccc2)n1. The molecular formula is C14H19N5O2. The van der Waals surface area contributed by atoms with Crippen LogP contribution in [0.3, 0.4) is 0 Å². The lowest BCUT2D eigenvalue weighted by molar-refractivity contribution is 0.298. The van der Waals surface area contributed by atoms with E-state index >= 15 is 0 Å². The van der Waals surface area contributed by atoms with E-state index in [1.54, 1.807) is 0 Å². The van der Waals surface area contributed by atoms with Crippen molar-refractivity contribution in [2.24, 2.45) is 0 Å². The Hall–Kier alpha value is -2.41. The largest absolute Gasteiger partial charge is 0.464 e. The fourth-order valence-electron chi connectivity index (χ4n) is 1.87. The Balaban J connectivity index is 2.24. The highest BCUT2D eigenvalue weighted by atomic mass is 16.5. The molecule has 0 saturated heterocycles. The van der Waals surface area contributed by atoms with Gasteiger partial charge in [0.2, 0.25) is 11.9 Å². The first-order valence-corrected chi connectivity index (χ1v) is 6.77. The number of nitrogens with two attached hydrogens (primary N) is 1. The lowest BCUT2D eigenvalue weighted by atomic mass is 10.2. The molecule has 0 fully saturated rings. The van der Waals surface area contributed by atoms with Crippen LogP contribution in [0.4, 0.5) is 11.9 Å². The molecule has 0 amide bonds. The molecule has 0 saturated carbocycles. The summed E-state index contributed by atoms with van der Waals surface area (Å²) in [6.07, 6.45) is 0. The number of aliphatic hydroxyl groups excluding tert-OH is 1. The van der Waals surface area contributed by atoms with Crippen LogP contribution < -0.4 is 15.4 Å². The molecule has 0 spiro atoms. The monoisotopic (exact) mass is 289 g/mol. The predicted molar refractivity (Wildman–Crippen MR) is 80.0 cm³/mol. The van der Waals surface area contributed by atoms with Crippen LogP contribution in [0.1, 0.15) is 12.5 Å². The summed E-state index contributed by atoms with van der Waals surface area (Å²) >= 11 is 0. The highest BCUT2D eigenvalue weighted by Crippen LogP contribution is 2.16. The molecule has 0 aliphatic heterocycles. The van der Waals surface area contributed by atoms with E-state index < -0.39 is 0 Å². The van der Waals surface area contributed by atoms with Crippen LogP contribution in [-0.4, -0.2) is 39.8 Å². The van der Waals surface area contributed by atoms with E-state index in [9.17, 15) is 5.11 Å². The number of nitrogens with zero attached hydrogens (tertiary/aromatic N) is 4. The van der Waals surface area contributed by atoms with Crippen LogP contribution >= 0.6 is 0 Å². The van der Waals surface area contributed by atoms with Crippen molar-refractivity contribution in [3.05, 3.63) is 35.9 Å². The van der Waals surface area contributed by atoms with Crippen LogP contribution in [0.15, 0.2) is 30.3 Å². The van der Waals surface area contributed by atoms with Crippen LogP contribution in [0.2, 0.25) is 0 Å². The third-order valence-corrected chi connectivity index (χ3v) is 2.76. The zero-order valence-electron chi connectivity index (χ0n) is 11.9. The van der Waals surface area contributed by atoms with Gasteiger partial charge in [-0.25, -0.2) is 0 Å². The fraction of sp³-hybridized carbons (Fsp3) is 0.357. The minimum Gasteiger partial charge on any atom is -0.464 e. The Bertz CT molecular complexity index is 565. The van der Waals surface area contributed by atoms with Crippen molar-refractivity contribution < 1.29 is 9.84 Å². The van der Waals surface area contributed by atoms with Crippen molar-refractivity contribution in [2.45, 2.75) is 13.5 Å². The van der Waals surface area contributed by atoms with E-state index in [1.165, 1.54) is 0 Å². The smallest absolute Gasteiger partial charge is 0.323 e. The molecule has 0 bridgehead atoms. The summed E-state index contributed by atoms with van der Waals surface area (Å²) in [5.41, 5.74) is 6.77. The maximum Gasteiger partial charge on any atom is 0.323 e. The second kappa shape index (κ2) is 7.39. The van der Waals surface area contributed by atoms with Gasteiger partial charge in [-0.3, -0.25) is 0 Å². The first-order valence-electron chi connectivity index (χ1n) is 6.77. The normalized spacial score (nSPS) is 10.4. The summed E-state index contributed by atoms with van der Waals surface area (Å²) in [4.78, 5) is 14.1. The first-order chi connectivity index (χ1) is 10.2. The molecule has 3 N–H and O–H groups in total. The van der Waals surface area contributed by atoms with Gasteiger partial charge < -0.3 is 20.5 Å². The zero-order chi connectivity index (χ0) is 15.1. The summed E-state index contributed by atoms with van der Waals surface area (Å²) in [5, 5.41) is 9.24. The molecule has 1 heterocycles. The Morgan fingerprint density at radius 1 is 1.19 bits per heavy atom. The van der Waals surface area contributed by atoms with E-state index in [1.807, 2.05) is 42.2 Å². The van der Waals surface area contributed by atoms with E-state index in [0.29, 0.717) is 25.6 Å². The molecule has 0 unspecified atom stereocenters. The van der Waals surface area contributed by atoms with Gasteiger partial charge in [0, 0.05) is 13.1 Å². The topological polar surface area (TPSA) is 97.4 Å². The number of rotatable bonds is 7. The van der Waals surface area contributed by atoms with Crippen LogP contribution in [-0.2, 0) is 6.54 Å². The molecule has 112 valence electrons. The molecule has 2 rings (SSSR count). The highest BCUT2D eigenvalue weighted by Gasteiger charge is 2.13. The highest BCUT2D eigenvalue weighted by molar-refractivity contribution is 5.37. The maximum atomic E-state index is 9.24. The van der Waals surface area contributed by atoms with Gasteiger partial charge in [-0.05, 0) is 12.5 Å². The average Bonchev–Trinajstić information content (AvgIpc) is 2.48. The summed E-state index contributed by atoms with van der Waals surface area (Å²) < 4.78 is 5.27. The molecule has 2 aromatic rings. The number of ether oxygens (including phenoxy) is 1. The summed E-state index contributed by atoms with van der Waals surface area (Å²) in [7, 11) is 0. The lowest BCUT2D eigenvalue weighted by Gasteiger charge is -2.22. The van der Waals surface area contributed by atoms with Crippen molar-refractivity contribution >= 4 is 11.9 Å². The Morgan fingerprint density at radius 2 is 1.95 bits per heavy atom. The van der Waals surface area contributed by atoms with Crippen LogP contribution in [0.25, 0.3) is 0 Å². The third kappa shape index (κ3) is 4.28. The van der Waals surface area contributed by atoms with Crippen LogP contribution in [0.5, 0.6) is 6.01 Å². The number of hydrogen-bond acceptors (Lipinski definition) is 7. The van der Waals surface area contributed by atoms with Gasteiger partial charge >= 0.3 is 6.01 Å². The molecule has 0 atom stereocenters. The van der Waals surface area contributed by atoms with Crippen molar-refractivity contribution in [1.29, 1.82) is 0 Å².